The lowest BCUT2D eigenvalue weighted by atomic mass is 10.0. The predicted octanol–water partition coefficient (Wildman–Crippen LogP) is 0.851. The molecule has 0 N–H and O–H groups in total. The summed E-state index contributed by atoms with van der Waals surface area (Å²) in [4.78, 5) is 18.6. The average molecular weight is 338 g/mol. The smallest absolute Gasteiger partial charge is 0.274 e. The molecular formula is C17H18N6O2. The molecule has 0 aromatic carbocycles. The second kappa shape index (κ2) is 6.94. The van der Waals surface area contributed by atoms with Gasteiger partial charge in [-0.1, -0.05) is 0 Å². The van der Waals surface area contributed by atoms with Crippen LogP contribution >= 0.6 is 0 Å². The van der Waals surface area contributed by atoms with E-state index in [1.165, 1.54) is 0 Å². The van der Waals surface area contributed by atoms with Crippen LogP contribution in [0.2, 0.25) is 0 Å². The van der Waals surface area contributed by atoms with Crippen LogP contribution in [0.25, 0.3) is 5.65 Å². The van der Waals surface area contributed by atoms with Crippen LogP contribution in [0.15, 0.2) is 42.9 Å². The first-order valence-electron chi connectivity index (χ1n) is 8.23. The molecule has 0 saturated carbocycles. The number of carbonyl (C=O) groups excluding carboxylic acids is 1. The molecule has 1 saturated heterocycles. The van der Waals surface area contributed by atoms with Gasteiger partial charge >= 0.3 is 0 Å². The Kier molecular flexibility index (Phi) is 4.34. The summed E-state index contributed by atoms with van der Waals surface area (Å²) in [5.74, 6) is 0.0678. The third-order valence-electron chi connectivity index (χ3n) is 4.22. The first-order valence-corrected chi connectivity index (χ1v) is 8.23. The molecule has 1 atom stereocenters. The molecular weight excluding hydrogens is 320 g/mol. The normalized spacial score (nSPS) is 18.2. The number of imidazole rings is 1. The molecule has 1 unspecified atom stereocenters. The van der Waals surface area contributed by atoms with Crippen molar-refractivity contribution in [1.29, 1.82) is 0 Å². The van der Waals surface area contributed by atoms with Crippen molar-refractivity contribution in [2.75, 3.05) is 26.3 Å². The number of nitrogens with zero attached hydrogens (tertiary/aromatic N) is 6. The first kappa shape index (κ1) is 15.6. The number of carbonyl (C=O) groups is 1. The molecule has 8 heteroatoms. The Balaban J connectivity index is 1.48. The summed E-state index contributed by atoms with van der Waals surface area (Å²) in [6.07, 6.45) is 5.84. The van der Waals surface area contributed by atoms with Crippen molar-refractivity contribution in [1.82, 2.24) is 29.7 Å². The fourth-order valence-corrected chi connectivity index (χ4v) is 3.03. The molecule has 0 aliphatic carbocycles. The van der Waals surface area contributed by atoms with Gasteiger partial charge in [0.05, 0.1) is 18.9 Å². The quantitative estimate of drug-likeness (QED) is 0.704. The second-order valence-corrected chi connectivity index (χ2v) is 6.06. The lowest BCUT2D eigenvalue weighted by Crippen LogP contribution is -2.37. The van der Waals surface area contributed by atoms with Gasteiger partial charge in [-0.05, 0) is 30.7 Å². The van der Waals surface area contributed by atoms with Gasteiger partial charge in [0.1, 0.15) is 0 Å². The molecule has 1 amide bonds. The van der Waals surface area contributed by atoms with E-state index in [1.54, 1.807) is 33.9 Å². The third kappa shape index (κ3) is 3.48. The van der Waals surface area contributed by atoms with Crippen molar-refractivity contribution >= 4 is 11.6 Å². The lowest BCUT2D eigenvalue weighted by Gasteiger charge is -2.23. The van der Waals surface area contributed by atoms with E-state index in [2.05, 4.69) is 20.3 Å². The summed E-state index contributed by atoms with van der Waals surface area (Å²) >= 11 is 0. The van der Waals surface area contributed by atoms with E-state index in [0.717, 1.165) is 17.8 Å². The van der Waals surface area contributed by atoms with Gasteiger partial charge in [0, 0.05) is 37.6 Å². The van der Waals surface area contributed by atoms with Crippen molar-refractivity contribution in [3.05, 3.63) is 54.2 Å². The molecule has 0 bridgehead atoms. The molecule has 0 radical (unpaired) electrons. The van der Waals surface area contributed by atoms with E-state index < -0.39 is 0 Å². The fourth-order valence-electron chi connectivity index (χ4n) is 3.03. The second-order valence-electron chi connectivity index (χ2n) is 6.06. The summed E-state index contributed by atoms with van der Waals surface area (Å²) in [5, 5.41) is 12.3. The van der Waals surface area contributed by atoms with Gasteiger partial charge in [-0.25, -0.2) is 9.50 Å². The minimum atomic E-state index is -0.110. The molecule has 25 heavy (non-hydrogen) atoms. The molecule has 3 aromatic rings. The van der Waals surface area contributed by atoms with E-state index >= 15 is 0 Å². The van der Waals surface area contributed by atoms with Crippen molar-refractivity contribution < 1.29 is 9.53 Å². The first-order chi connectivity index (χ1) is 12.3. The summed E-state index contributed by atoms with van der Waals surface area (Å²) in [5.41, 5.74) is 2.13. The van der Waals surface area contributed by atoms with Crippen LogP contribution in [0.5, 0.6) is 0 Å². The van der Waals surface area contributed by atoms with E-state index in [0.29, 0.717) is 32.0 Å². The summed E-state index contributed by atoms with van der Waals surface area (Å²) in [7, 11) is 0. The van der Waals surface area contributed by atoms with Crippen LogP contribution in [0.3, 0.4) is 0 Å². The Labute approximate surface area is 144 Å². The summed E-state index contributed by atoms with van der Waals surface area (Å²) in [6, 6.07) is 7.32. The molecule has 0 spiro atoms. The van der Waals surface area contributed by atoms with Gasteiger partial charge in [0.15, 0.2) is 11.3 Å². The Bertz CT molecular complexity index is 866. The van der Waals surface area contributed by atoms with Gasteiger partial charge in [0.2, 0.25) is 0 Å². The zero-order chi connectivity index (χ0) is 17.1. The summed E-state index contributed by atoms with van der Waals surface area (Å²) < 4.78 is 7.45. The number of rotatable bonds is 3. The molecule has 1 aliphatic heterocycles. The van der Waals surface area contributed by atoms with E-state index in [4.69, 9.17) is 4.74 Å². The molecule has 1 aliphatic rings. The predicted molar refractivity (Wildman–Crippen MR) is 88.9 cm³/mol. The van der Waals surface area contributed by atoms with Crippen molar-refractivity contribution in [2.45, 2.75) is 6.42 Å². The zero-order valence-electron chi connectivity index (χ0n) is 13.7. The Morgan fingerprint density at radius 2 is 2.24 bits per heavy atom. The number of hydrogen-bond acceptors (Lipinski definition) is 6. The van der Waals surface area contributed by atoms with Gasteiger partial charge < -0.3 is 9.64 Å². The van der Waals surface area contributed by atoms with Gasteiger partial charge in [-0.2, -0.15) is 10.2 Å². The third-order valence-corrected chi connectivity index (χ3v) is 4.22. The molecule has 1 fully saturated rings. The Hall–Kier alpha value is -2.87. The minimum absolute atomic E-state index is 0.110. The minimum Gasteiger partial charge on any atom is -0.379 e. The average Bonchev–Trinajstić information content (AvgIpc) is 2.99. The number of aromatic nitrogens is 5. The van der Waals surface area contributed by atoms with Gasteiger partial charge in [-0.15, -0.1) is 5.10 Å². The zero-order valence-corrected chi connectivity index (χ0v) is 13.7. The highest BCUT2D eigenvalue weighted by atomic mass is 16.5. The van der Waals surface area contributed by atoms with Crippen LogP contribution in [-0.2, 0) is 11.2 Å². The maximum Gasteiger partial charge on any atom is 0.274 e. The largest absolute Gasteiger partial charge is 0.379 e. The van der Waals surface area contributed by atoms with E-state index in [-0.39, 0.29) is 11.8 Å². The maximum atomic E-state index is 12.6. The molecule has 4 heterocycles. The lowest BCUT2D eigenvalue weighted by molar-refractivity contribution is 0.0730. The topological polar surface area (TPSA) is 85.5 Å². The molecule has 128 valence electrons. The fraction of sp³-hybridized carbons (Fsp3) is 0.353. The summed E-state index contributed by atoms with van der Waals surface area (Å²) in [6.45, 7) is 2.29. The van der Waals surface area contributed by atoms with Crippen LogP contribution in [0.1, 0.15) is 16.2 Å². The van der Waals surface area contributed by atoms with Crippen molar-refractivity contribution in [3.8, 4) is 0 Å². The van der Waals surface area contributed by atoms with Crippen LogP contribution in [0.4, 0.5) is 0 Å². The van der Waals surface area contributed by atoms with Gasteiger partial charge in [-0.3, -0.25) is 4.79 Å². The van der Waals surface area contributed by atoms with E-state index in [1.807, 2.05) is 18.3 Å². The highest BCUT2D eigenvalue weighted by Crippen LogP contribution is 2.15. The van der Waals surface area contributed by atoms with Gasteiger partial charge in [0.25, 0.3) is 5.91 Å². The SMILES string of the molecule is O=C(c1cccnn1)N1CCOCC(Cc2ccc3nccn3n2)C1. The van der Waals surface area contributed by atoms with Crippen molar-refractivity contribution in [2.24, 2.45) is 5.92 Å². The monoisotopic (exact) mass is 338 g/mol. The number of fused-ring (bicyclic) bond motifs is 1. The molecule has 8 nitrogen and oxygen atoms in total. The standard InChI is InChI=1S/C17H18N6O2/c24-17(15-2-1-5-19-20-15)22-8-9-25-12-13(11-22)10-14-3-4-16-18-6-7-23(16)21-14/h1-7,13H,8-12H2. The van der Waals surface area contributed by atoms with Crippen molar-refractivity contribution in [3.63, 3.8) is 0 Å². The number of ether oxygens (including phenoxy) is 1. The van der Waals surface area contributed by atoms with Crippen LogP contribution in [0, 0.1) is 5.92 Å². The Morgan fingerprint density at radius 3 is 3.12 bits per heavy atom. The van der Waals surface area contributed by atoms with Crippen LogP contribution in [-0.4, -0.2) is 61.9 Å². The van der Waals surface area contributed by atoms with E-state index in [9.17, 15) is 4.79 Å². The Morgan fingerprint density at radius 1 is 1.28 bits per heavy atom. The molecule has 3 aromatic heterocycles. The molecule has 4 rings (SSSR count). The van der Waals surface area contributed by atoms with Crippen LogP contribution < -0.4 is 0 Å². The highest BCUT2D eigenvalue weighted by Gasteiger charge is 2.25. The number of amides is 1. The number of hydrogen-bond donors (Lipinski definition) is 0. The highest BCUT2D eigenvalue weighted by molar-refractivity contribution is 5.92. The maximum absolute atomic E-state index is 12.6.